The van der Waals surface area contributed by atoms with Gasteiger partial charge in [-0.25, -0.2) is 5.43 Å². The van der Waals surface area contributed by atoms with Crippen molar-refractivity contribution in [3.8, 4) is 0 Å². The lowest BCUT2D eigenvalue weighted by atomic mass is 10.2. The summed E-state index contributed by atoms with van der Waals surface area (Å²) >= 11 is 7.68. The summed E-state index contributed by atoms with van der Waals surface area (Å²) in [6, 6.07) is 15.9. The van der Waals surface area contributed by atoms with Crippen LogP contribution in [0.25, 0.3) is 0 Å². The number of morpholine rings is 1. The molecule has 0 amide bonds. The lowest BCUT2D eigenvalue weighted by Gasteiger charge is -2.27. The first-order valence-electron chi connectivity index (χ1n) is 11.4. The van der Waals surface area contributed by atoms with Gasteiger partial charge in [0.15, 0.2) is 0 Å². The Morgan fingerprint density at radius 3 is 2.29 bits per heavy atom. The molecule has 0 spiro atoms. The minimum atomic E-state index is 0.442. The zero-order valence-electron chi connectivity index (χ0n) is 18.7. The summed E-state index contributed by atoms with van der Waals surface area (Å²) in [4.78, 5) is 20.6. The summed E-state index contributed by atoms with van der Waals surface area (Å²) < 4.78 is 5.48. The van der Waals surface area contributed by atoms with Crippen molar-refractivity contribution in [1.29, 1.82) is 0 Å². The zero-order valence-corrected chi connectivity index (χ0v) is 20.3. The van der Waals surface area contributed by atoms with E-state index >= 15 is 0 Å². The predicted octanol–water partition coefficient (Wildman–Crippen LogP) is 4.56. The number of hydrogen-bond acceptors (Lipinski definition) is 9. The van der Waals surface area contributed by atoms with Crippen LogP contribution in [0.2, 0.25) is 5.02 Å². The van der Waals surface area contributed by atoms with Crippen molar-refractivity contribution in [2.45, 2.75) is 22.6 Å². The third-order valence-corrected chi connectivity index (χ3v) is 6.97. The van der Waals surface area contributed by atoms with Crippen LogP contribution in [0.4, 0.5) is 17.8 Å². The summed E-state index contributed by atoms with van der Waals surface area (Å²) in [6.45, 7) is 4.81. The highest BCUT2D eigenvalue weighted by Crippen LogP contribution is 2.30. The second kappa shape index (κ2) is 11.0. The molecule has 10 heteroatoms. The van der Waals surface area contributed by atoms with Crippen LogP contribution in [0.5, 0.6) is 0 Å². The fraction of sp³-hybridized carbons (Fsp3) is 0.333. The Kier molecular flexibility index (Phi) is 7.43. The van der Waals surface area contributed by atoms with Gasteiger partial charge in [-0.1, -0.05) is 41.6 Å². The van der Waals surface area contributed by atoms with Gasteiger partial charge in [-0.2, -0.15) is 20.1 Å². The molecule has 0 saturated carbocycles. The number of rotatable bonds is 7. The fourth-order valence-corrected chi connectivity index (χ4v) is 4.87. The predicted molar refractivity (Wildman–Crippen MR) is 138 cm³/mol. The van der Waals surface area contributed by atoms with Crippen molar-refractivity contribution in [3.63, 3.8) is 0 Å². The van der Waals surface area contributed by atoms with E-state index in [1.165, 1.54) is 0 Å². The van der Waals surface area contributed by atoms with Crippen LogP contribution in [-0.4, -0.2) is 60.6 Å². The zero-order chi connectivity index (χ0) is 23.2. The van der Waals surface area contributed by atoms with E-state index in [2.05, 4.69) is 36.4 Å². The van der Waals surface area contributed by atoms with Crippen LogP contribution in [0, 0.1) is 0 Å². The molecule has 34 heavy (non-hydrogen) atoms. The Bertz CT molecular complexity index is 1130. The van der Waals surface area contributed by atoms with Gasteiger partial charge in [0.1, 0.15) is 0 Å². The number of halogens is 1. The first-order valence-corrected chi connectivity index (χ1v) is 12.6. The molecule has 1 aromatic heterocycles. The molecule has 8 nitrogen and oxygen atoms in total. The first-order chi connectivity index (χ1) is 16.7. The van der Waals surface area contributed by atoms with Gasteiger partial charge in [0.2, 0.25) is 17.8 Å². The van der Waals surface area contributed by atoms with Crippen LogP contribution < -0.4 is 15.2 Å². The summed E-state index contributed by atoms with van der Waals surface area (Å²) in [5.41, 5.74) is 4.03. The lowest BCUT2D eigenvalue weighted by molar-refractivity contribution is 0.122. The van der Waals surface area contributed by atoms with Crippen molar-refractivity contribution in [1.82, 2.24) is 15.0 Å². The average molecular weight is 496 g/mol. The number of anilines is 3. The highest BCUT2D eigenvalue weighted by atomic mass is 35.5. The quantitative estimate of drug-likeness (QED) is 0.377. The molecule has 2 aliphatic heterocycles. The van der Waals surface area contributed by atoms with Crippen LogP contribution >= 0.6 is 23.4 Å². The molecule has 0 unspecified atom stereocenters. The topological polar surface area (TPSA) is 78.8 Å². The lowest BCUT2D eigenvalue weighted by Crippen LogP contribution is -2.38. The summed E-state index contributed by atoms with van der Waals surface area (Å²) in [6.07, 6.45) is 4.11. The molecule has 2 aliphatic rings. The van der Waals surface area contributed by atoms with Crippen molar-refractivity contribution < 1.29 is 4.74 Å². The van der Waals surface area contributed by atoms with Crippen LogP contribution in [0.3, 0.4) is 0 Å². The number of hydrazone groups is 1. The van der Waals surface area contributed by atoms with Gasteiger partial charge >= 0.3 is 0 Å². The molecule has 3 aromatic rings. The van der Waals surface area contributed by atoms with Gasteiger partial charge in [-0.3, -0.25) is 0 Å². The van der Waals surface area contributed by atoms with Gasteiger partial charge in [-0.05, 0) is 43.2 Å². The summed E-state index contributed by atoms with van der Waals surface area (Å²) in [5, 5.41) is 5.19. The minimum absolute atomic E-state index is 0.442. The third-order valence-electron chi connectivity index (χ3n) is 5.62. The summed E-state index contributed by atoms with van der Waals surface area (Å²) in [7, 11) is 0. The van der Waals surface area contributed by atoms with Gasteiger partial charge in [-0.15, -0.1) is 0 Å². The first kappa shape index (κ1) is 22.9. The number of nitrogens with one attached hydrogen (secondary N) is 1. The van der Waals surface area contributed by atoms with E-state index in [1.807, 2.05) is 42.5 Å². The Morgan fingerprint density at radius 1 is 0.882 bits per heavy atom. The van der Waals surface area contributed by atoms with E-state index in [0.717, 1.165) is 59.4 Å². The van der Waals surface area contributed by atoms with E-state index in [1.54, 1.807) is 18.0 Å². The van der Waals surface area contributed by atoms with Crippen LogP contribution in [-0.2, 0) is 4.74 Å². The van der Waals surface area contributed by atoms with Crippen molar-refractivity contribution in [3.05, 3.63) is 59.1 Å². The molecule has 176 valence electrons. The molecular formula is C24H26ClN7OS. The largest absolute Gasteiger partial charge is 0.378 e. The molecule has 0 radical (unpaired) electrons. The van der Waals surface area contributed by atoms with Gasteiger partial charge in [0.25, 0.3) is 0 Å². The monoisotopic (exact) mass is 495 g/mol. The SMILES string of the molecule is Clc1ccc(Sc2ccccc2/C=N\Nc2nc(N3CCCC3)nc(N3CCOCC3)n2)cc1. The Balaban J connectivity index is 1.34. The number of benzene rings is 2. The smallest absolute Gasteiger partial charge is 0.250 e. The van der Waals surface area contributed by atoms with Crippen LogP contribution in [0.1, 0.15) is 18.4 Å². The maximum absolute atomic E-state index is 6.02. The van der Waals surface area contributed by atoms with Gasteiger partial charge in [0, 0.05) is 46.6 Å². The van der Waals surface area contributed by atoms with E-state index in [4.69, 9.17) is 21.3 Å². The molecule has 1 N–H and O–H groups in total. The molecule has 0 aliphatic carbocycles. The summed E-state index contributed by atoms with van der Waals surface area (Å²) in [5.74, 6) is 1.81. The van der Waals surface area contributed by atoms with Crippen molar-refractivity contribution in [2.24, 2.45) is 5.10 Å². The van der Waals surface area contributed by atoms with Gasteiger partial charge in [0.05, 0.1) is 19.4 Å². The molecule has 0 bridgehead atoms. The molecule has 3 heterocycles. The average Bonchev–Trinajstić information content (AvgIpc) is 3.42. The number of aromatic nitrogens is 3. The fourth-order valence-electron chi connectivity index (χ4n) is 3.84. The van der Waals surface area contributed by atoms with E-state index in [9.17, 15) is 0 Å². The van der Waals surface area contributed by atoms with Crippen LogP contribution in [0.15, 0.2) is 63.4 Å². The number of nitrogens with zero attached hydrogens (tertiary/aromatic N) is 6. The van der Waals surface area contributed by atoms with E-state index in [0.29, 0.717) is 31.1 Å². The molecule has 0 atom stereocenters. The standard InChI is InChI=1S/C24H26ClN7OS/c25-19-7-9-20(10-8-19)34-21-6-2-1-5-18(21)17-26-30-22-27-23(31-11-3-4-12-31)29-24(28-22)32-13-15-33-16-14-32/h1-2,5-10,17H,3-4,11-16H2,(H,27,28,29,30)/b26-17-. The molecule has 2 saturated heterocycles. The van der Waals surface area contributed by atoms with Crippen molar-refractivity contribution in [2.75, 3.05) is 54.6 Å². The van der Waals surface area contributed by atoms with Gasteiger partial charge < -0.3 is 14.5 Å². The second-order valence-electron chi connectivity index (χ2n) is 8.02. The number of ether oxygens (including phenoxy) is 1. The highest BCUT2D eigenvalue weighted by molar-refractivity contribution is 7.99. The Morgan fingerprint density at radius 2 is 1.56 bits per heavy atom. The molecule has 5 rings (SSSR count). The second-order valence-corrected chi connectivity index (χ2v) is 9.57. The normalized spacial score (nSPS) is 16.4. The van der Waals surface area contributed by atoms with E-state index < -0.39 is 0 Å². The van der Waals surface area contributed by atoms with E-state index in [-0.39, 0.29) is 0 Å². The maximum atomic E-state index is 6.02. The molecule has 2 fully saturated rings. The number of hydrogen-bond donors (Lipinski definition) is 1. The third kappa shape index (κ3) is 5.78. The Labute approximate surface area is 208 Å². The van der Waals surface area contributed by atoms with Crippen molar-refractivity contribution >= 4 is 47.4 Å². The maximum Gasteiger partial charge on any atom is 0.250 e. The minimum Gasteiger partial charge on any atom is -0.378 e. The molecule has 2 aromatic carbocycles. The highest BCUT2D eigenvalue weighted by Gasteiger charge is 2.21. The Hall–Kier alpha value is -2.88. The molecular weight excluding hydrogens is 470 g/mol.